The van der Waals surface area contributed by atoms with Crippen LogP contribution in [0.2, 0.25) is 0 Å². The number of aryl methyl sites for hydroxylation is 2. The number of nitrogens with one attached hydrogen (secondary N) is 1. The molecular formula is C15H15BrN4O. The molecule has 3 N–H and O–H groups in total. The Morgan fingerprint density at radius 1 is 1.33 bits per heavy atom. The van der Waals surface area contributed by atoms with Crippen LogP contribution in [-0.2, 0) is 6.54 Å². The molecule has 0 saturated heterocycles. The summed E-state index contributed by atoms with van der Waals surface area (Å²) in [5, 5.41) is 4.21. The first-order chi connectivity index (χ1) is 10.0. The molecule has 0 aliphatic heterocycles. The van der Waals surface area contributed by atoms with Crippen LogP contribution in [0.1, 0.15) is 17.3 Å². The van der Waals surface area contributed by atoms with Crippen molar-refractivity contribution in [2.24, 2.45) is 0 Å². The van der Waals surface area contributed by atoms with Gasteiger partial charge in [-0.25, -0.2) is 4.98 Å². The van der Waals surface area contributed by atoms with E-state index in [0.29, 0.717) is 18.1 Å². The number of hydrogen-bond acceptors (Lipinski definition) is 5. The van der Waals surface area contributed by atoms with E-state index in [2.05, 4.69) is 31.2 Å². The fourth-order valence-electron chi connectivity index (χ4n) is 2.14. The lowest BCUT2D eigenvalue weighted by Gasteiger charge is -2.09. The van der Waals surface area contributed by atoms with Crippen LogP contribution in [0.3, 0.4) is 0 Å². The molecule has 0 fully saturated rings. The Kier molecular flexibility index (Phi) is 3.55. The standard InChI is InChI=1S/C15H15BrN4O/c1-8-9(2)21-14(20-8)7-18-13-4-3-12(17)11-5-10(16)6-19-15(11)13/h3-6,18H,7,17H2,1-2H3. The summed E-state index contributed by atoms with van der Waals surface area (Å²) >= 11 is 3.41. The van der Waals surface area contributed by atoms with Crippen molar-refractivity contribution < 1.29 is 4.42 Å². The maximum Gasteiger partial charge on any atom is 0.213 e. The molecule has 21 heavy (non-hydrogen) atoms. The number of nitrogens with zero attached hydrogens (tertiary/aromatic N) is 2. The van der Waals surface area contributed by atoms with Gasteiger partial charge in [-0.3, -0.25) is 4.98 Å². The van der Waals surface area contributed by atoms with Crippen molar-refractivity contribution in [3.63, 3.8) is 0 Å². The second kappa shape index (κ2) is 5.37. The highest BCUT2D eigenvalue weighted by molar-refractivity contribution is 9.10. The number of nitrogen functional groups attached to an aromatic ring is 1. The summed E-state index contributed by atoms with van der Waals surface area (Å²) in [6.45, 7) is 4.34. The third-order valence-corrected chi connectivity index (χ3v) is 3.79. The third kappa shape index (κ3) is 2.71. The quantitative estimate of drug-likeness (QED) is 0.705. The Labute approximate surface area is 130 Å². The SMILES string of the molecule is Cc1nc(CNc2ccc(N)c3cc(Br)cnc23)oc1C. The molecule has 0 aliphatic rings. The van der Waals surface area contributed by atoms with Crippen LogP contribution in [0.25, 0.3) is 10.9 Å². The van der Waals surface area contributed by atoms with Gasteiger partial charge in [0.2, 0.25) is 5.89 Å². The van der Waals surface area contributed by atoms with Gasteiger partial charge in [0.15, 0.2) is 0 Å². The van der Waals surface area contributed by atoms with Gasteiger partial charge in [-0.15, -0.1) is 0 Å². The van der Waals surface area contributed by atoms with Gasteiger partial charge in [-0.05, 0) is 48.0 Å². The number of anilines is 2. The molecule has 2 heterocycles. The first-order valence-electron chi connectivity index (χ1n) is 6.55. The summed E-state index contributed by atoms with van der Waals surface area (Å²) in [6, 6.07) is 5.74. The predicted molar refractivity (Wildman–Crippen MR) is 87.2 cm³/mol. The lowest BCUT2D eigenvalue weighted by molar-refractivity contribution is 0.478. The van der Waals surface area contributed by atoms with Crippen molar-refractivity contribution in [3.05, 3.63) is 46.2 Å². The maximum absolute atomic E-state index is 6.00. The number of rotatable bonds is 3. The molecule has 3 rings (SSSR count). The van der Waals surface area contributed by atoms with Crippen LogP contribution in [0.4, 0.5) is 11.4 Å². The number of pyridine rings is 1. The Morgan fingerprint density at radius 2 is 2.14 bits per heavy atom. The highest BCUT2D eigenvalue weighted by Gasteiger charge is 2.09. The highest BCUT2D eigenvalue weighted by atomic mass is 79.9. The Hall–Kier alpha value is -2.08. The minimum Gasteiger partial charge on any atom is -0.444 e. The van der Waals surface area contributed by atoms with Gasteiger partial charge in [0.25, 0.3) is 0 Å². The van der Waals surface area contributed by atoms with Gasteiger partial charge >= 0.3 is 0 Å². The summed E-state index contributed by atoms with van der Waals surface area (Å²) < 4.78 is 6.47. The van der Waals surface area contributed by atoms with Crippen molar-refractivity contribution >= 4 is 38.2 Å². The predicted octanol–water partition coefficient (Wildman–Crippen LogP) is 3.80. The Morgan fingerprint density at radius 3 is 2.86 bits per heavy atom. The van der Waals surface area contributed by atoms with E-state index in [1.54, 1.807) is 6.20 Å². The normalized spacial score (nSPS) is 11.0. The smallest absolute Gasteiger partial charge is 0.213 e. The van der Waals surface area contributed by atoms with E-state index in [1.807, 2.05) is 32.0 Å². The number of nitrogens with two attached hydrogens (primary N) is 1. The van der Waals surface area contributed by atoms with Gasteiger partial charge in [0.05, 0.1) is 23.4 Å². The largest absolute Gasteiger partial charge is 0.444 e. The van der Waals surface area contributed by atoms with Crippen LogP contribution < -0.4 is 11.1 Å². The van der Waals surface area contributed by atoms with E-state index in [9.17, 15) is 0 Å². The molecule has 3 aromatic rings. The zero-order valence-electron chi connectivity index (χ0n) is 11.8. The molecule has 0 amide bonds. The average Bonchev–Trinajstić information content (AvgIpc) is 2.77. The van der Waals surface area contributed by atoms with Gasteiger partial charge < -0.3 is 15.5 Å². The molecule has 0 aliphatic carbocycles. The third-order valence-electron chi connectivity index (χ3n) is 3.35. The molecular weight excluding hydrogens is 332 g/mol. The summed E-state index contributed by atoms with van der Waals surface area (Å²) in [4.78, 5) is 8.79. The average molecular weight is 347 g/mol. The van der Waals surface area contributed by atoms with E-state index >= 15 is 0 Å². The van der Waals surface area contributed by atoms with Crippen molar-refractivity contribution in [1.29, 1.82) is 0 Å². The molecule has 2 aromatic heterocycles. The fourth-order valence-corrected chi connectivity index (χ4v) is 2.48. The van der Waals surface area contributed by atoms with Crippen molar-refractivity contribution in [1.82, 2.24) is 9.97 Å². The Bertz CT molecular complexity index is 793. The van der Waals surface area contributed by atoms with Crippen LogP contribution in [0, 0.1) is 13.8 Å². The molecule has 0 bridgehead atoms. The molecule has 0 unspecified atom stereocenters. The lowest BCUT2D eigenvalue weighted by atomic mass is 10.1. The fraction of sp³-hybridized carbons (Fsp3) is 0.200. The van der Waals surface area contributed by atoms with E-state index in [-0.39, 0.29) is 0 Å². The number of aromatic nitrogens is 2. The van der Waals surface area contributed by atoms with Crippen LogP contribution in [-0.4, -0.2) is 9.97 Å². The molecule has 108 valence electrons. The molecule has 0 saturated carbocycles. The number of oxazole rings is 1. The summed E-state index contributed by atoms with van der Waals surface area (Å²) in [5.74, 6) is 1.50. The van der Waals surface area contributed by atoms with E-state index in [0.717, 1.165) is 32.5 Å². The van der Waals surface area contributed by atoms with Gasteiger partial charge in [-0.2, -0.15) is 0 Å². The molecule has 6 heteroatoms. The van der Waals surface area contributed by atoms with Crippen LogP contribution in [0.5, 0.6) is 0 Å². The first-order valence-corrected chi connectivity index (χ1v) is 7.34. The Balaban J connectivity index is 1.92. The summed E-state index contributed by atoms with van der Waals surface area (Å²) in [5.41, 5.74) is 9.35. The van der Waals surface area contributed by atoms with Crippen LogP contribution >= 0.6 is 15.9 Å². The summed E-state index contributed by atoms with van der Waals surface area (Å²) in [7, 11) is 0. The topological polar surface area (TPSA) is 77.0 Å². The number of halogens is 1. The minimum atomic E-state index is 0.505. The highest BCUT2D eigenvalue weighted by Crippen LogP contribution is 2.29. The molecule has 1 aromatic carbocycles. The van der Waals surface area contributed by atoms with Crippen molar-refractivity contribution in [2.75, 3.05) is 11.1 Å². The monoisotopic (exact) mass is 346 g/mol. The van der Waals surface area contributed by atoms with Crippen molar-refractivity contribution in [2.45, 2.75) is 20.4 Å². The lowest BCUT2D eigenvalue weighted by Crippen LogP contribution is -2.02. The number of hydrogen-bond donors (Lipinski definition) is 2. The van der Waals surface area contributed by atoms with Crippen LogP contribution in [0.15, 0.2) is 33.3 Å². The zero-order valence-corrected chi connectivity index (χ0v) is 13.4. The zero-order chi connectivity index (χ0) is 15.0. The van der Waals surface area contributed by atoms with E-state index in [1.165, 1.54) is 0 Å². The molecule has 0 radical (unpaired) electrons. The van der Waals surface area contributed by atoms with Gasteiger partial charge in [0.1, 0.15) is 5.76 Å². The number of benzene rings is 1. The molecule has 0 spiro atoms. The van der Waals surface area contributed by atoms with Gasteiger partial charge in [0, 0.05) is 21.7 Å². The van der Waals surface area contributed by atoms with Crippen molar-refractivity contribution in [3.8, 4) is 0 Å². The second-order valence-corrected chi connectivity index (χ2v) is 5.77. The minimum absolute atomic E-state index is 0.505. The second-order valence-electron chi connectivity index (χ2n) is 4.85. The van der Waals surface area contributed by atoms with E-state index < -0.39 is 0 Å². The first kappa shape index (κ1) is 13.9. The number of fused-ring (bicyclic) bond motifs is 1. The van der Waals surface area contributed by atoms with Gasteiger partial charge in [-0.1, -0.05) is 0 Å². The summed E-state index contributed by atoms with van der Waals surface area (Å²) in [6.07, 6.45) is 1.76. The molecule has 5 nitrogen and oxygen atoms in total. The van der Waals surface area contributed by atoms with E-state index in [4.69, 9.17) is 10.2 Å². The maximum atomic E-state index is 6.00. The molecule has 0 atom stereocenters.